The first kappa shape index (κ1) is 20.5. The van der Waals surface area contributed by atoms with Crippen molar-refractivity contribution in [1.29, 1.82) is 0 Å². The Morgan fingerprint density at radius 3 is 2.94 bits per heavy atom. The number of ether oxygens (including phenoxy) is 1. The Balaban J connectivity index is 1.43. The molecule has 0 bridgehead atoms. The lowest BCUT2D eigenvalue weighted by molar-refractivity contribution is 0.180. The van der Waals surface area contributed by atoms with Gasteiger partial charge in [-0.05, 0) is 48.8 Å². The molecule has 2 aliphatic heterocycles. The summed E-state index contributed by atoms with van der Waals surface area (Å²) < 4.78 is 6.66. The first-order valence-corrected chi connectivity index (χ1v) is 10.7. The molecule has 0 saturated heterocycles. The van der Waals surface area contributed by atoms with Gasteiger partial charge in [0.2, 0.25) is 0 Å². The third kappa shape index (κ3) is 3.72. The van der Waals surface area contributed by atoms with E-state index in [9.17, 15) is 4.79 Å². The summed E-state index contributed by atoms with van der Waals surface area (Å²) in [7, 11) is 1.60. The van der Waals surface area contributed by atoms with E-state index in [1.54, 1.807) is 7.11 Å². The SMILES string of the molecule is COCc1cc(=O)n2c(n1)C=C(C)C(N1CCc3ncc(-c4cnccc4C)cc3C1)N2. The van der Waals surface area contributed by atoms with E-state index in [0.29, 0.717) is 18.1 Å². The Morgan fingerprint density at radius 1 is 1.25 bits per heavy atom. The van der Waals surface area contributed by atoms with Crippen LogP contribution < -0.4 is 11.0 Å². The van der Waals surface area contributed by atoms with Gasteiger partial charge in [0.05, 0.1) is 12.3 Å². The number of fused-ring (bicyclic) bond motifs is 2. The fraction of sp³-hybridized carbons (Fsp3) is 0.333. The molecular formula is C24H26N6O2. The minimum absolute atomic E-state index is 0.0905. The van der Waals surface area contributed by atoms with Gasteiger partial charge in [0.1, 0.15) is 6.17 Å². The summed E-state index contributed by atoms with van der Waals surface area (Å²) in [4.78, 5) is 28.6. The zero-order valence-corrected chi connectivity index (χ0v) is 18.5. The maximum absolute atomic E-state index is 12.7. The standard InChI is InChI=1S/C24H26N6O2/c1-15-4-6-25-12-20(15)17-9-18-13-29(7-5-21(18)26-11-17)24-16(2)8-22-27-19(14-32-3)10-23(31)30(22)28-24/h4,6,8-12,24,28H,5,7,13-14H2,1-3H3. The van der Waals surface area contributed by atoms with Crippen molar-refractivity contribution in [2.45, 2.75) is 39.6 Å². The van der Waals surface area contributed by atoms with Gasteiger partial charge in [-0.25, -0.2) is 9.66 Å². The molecule has 32 heavy (non-hydrogen) atoms. The highest BCUT2D eigenvalue weighted by atomic mass is 16.5. The fourth-order valence-electron chi connectivity index (χ4n) is 4.46. The summed E-state index contributed by atoms with van der Waals surface area (Å²) in [5.41, 5.74) is 10.7. The molecule has 0 radical (unpaired) electrons. The summed E-state index contributed by atoms with van der Waals surface area (Å²) in [5.74, 6) is 0.603. The number of nitrogens with one attached hydrogen (secondary N) is 1. The van der Waals surface area contributed by atoms with Crippen LogP contribution in [0.1, 0.15) is 35.3 Å². The van der Waals surface area contributed by atoms with E-state index in [4.69, 9.17) is 9.72 Å². The third-order valence-electron chi connectivity index (χ3n) is 6.11. The van der Waals surface area contributed by atoms with E-state index < -0.39 is 0 Å². The van der Waals surface area contributed by atoms with Crippen LogP contribution in [0.4, 0.5) is 0 Å². The Labute approximate surface area is 186 Å². The Bertz CT molecular complexity index is 1270. The summed E-state index contributed by atoms with van der Waals surface area (Å²) in [6, 6.07) is 5.75. The second-order valence-electron chi connectivity index (χ2n) is 8.37. The van der Waals surface area contributed by atoms with Gasteiger partial charge in [-0.15, -0.1) is 0 Å². The molecule has 8 heteroatoms. The average molecular weight is 431 g/mol. The van der Waals surface area contributed by atoms with Crippen LogP contribution >= 0.6 is 0 Å². The molecule has 0 saturated carbocycles. The van der Waals surface area contributed by atoms with E-state index in [1.165, 1.54) is 21.9 Å². The molecule has 0 fully saturated rings. The van der Waals surface area contributed by atoms with Crippen LogP contribution in [-0.2, 0) is 24.3 Å². The number of aryl methyl sites for hydroxylation is 1. The lowest BCUT2D eigenvalue weighted by atomic mass is 9.98. The minimum Gasteiger partial charge on any atom is -0.378 e. The normalized spacial score (nSPS) is 17.8. The number of nitrogens with zero attached hydrogens (tertiary/aromatic N) is 5. The molecule has 8 nitrogen and oxygen atoms in total. The Morgan fingerprint density at radius 2 is 2.12 bits per heavy atom. The van der Waals surface area contributed by atoms with Crippen LogP contribution in [0.25, 0.3) is 17.2 Å². The van der Waals surface area contributed by atoms with Gasteiger partial charge in [0.15, 0.2) is 5.82 Å². The van der Waals surface area contributed by atoms with Crippen molar-refractivity contribution in [3.05, 3.63) is 81.1 Å². The van der Waals surface area contributed by atoms with Gasteiger partial charge in [-0.2, -0.15) is 0 Å². The average Bonchev–Trinajstić information content (AvgIpc) is 2.78. The van der Waals surface area contributed by atoms with Crippen LogP contribution in [0, 0.1) is 6.92 Å². The Kier molecular flexibility index (Phi) is 5.32. The number of methoxy groups -OCH3 is 1. The molecule has 1 N–H and O–H groups in total. The molecule has 0 aromatic carbocycles. The highest BCUT2D eigenvalue weighted by Gasteiger charge is 2.29. The van der Waals surface area contributed by atoms with Crippen LogP contribution in [0.2, 0.25) is 0 Å². The first-order chi connectivity index (χ1) is 15.5. The van der Waals surface area contributed by atoms with Crippen molar-refractivity contribution >= 4 is 6.08 Å². The van der Waals surface area contributed by atoms with Gasteiger partial charge < -0.3 is 4.74 Å². The van der Waals surface area contributed by atoms with Crippen molar-refractivity contribution in [2.24, 2.45) is 0 Å². The molecule has 164 valence electrons. The Hall–Kier alpha value is -3.36. The van der Waals surface area contributed by atoms with E-state index in [0.717, 1.165) is 41.9 Å². The van der Waals surface area contributed by atoms with Gasteiger partial charge in [-0.3, -0.25) is 25.1 Å². The number of rotatable bonds is 4. The fourth-order valence-corrected chi connectivity index (χ4v) is 4.46. The highest BCUT2D eigenvalue weighted by molar-refractivity contribution is 5.66. The van der Waals surface area contributed by atoms with Crippen molar-refractivity contribution in [3.63, 3.8) is 0 Å². The zero-order valence-electron chi connectivity index (χ0n) is 18.5. The second-order valence-corrected chi connectivity index (χ2v) is 8.37. The van der Waals surface area contributed by atoms with Crippen molar-refractivity contribution < 1.29 is 4.74 Å². The minimum atomic E-state index is -0.135. The maximum atomic E-state index is 12.7. The molecule has 3 aromatic rings. The monoisotopic (exact) mass is 430 g/mol. The summed E-state index contributed by atoms with van der Waals surface area (Å²) >= 11 is 0. The molecular weight excluding hydrogens is 404 g/mol. The van der Waals surface area contributed by atoms with E-state index in [-0.39, 0.29) is 11.7 Å². The number of aromatic nitrogens is 4. The second kappa shape index (κ2) is 8.29. The predicted octanol–water partition coefficient (Wildman–Crippen LogP) is 2.50. The van der Waals surface area contributed by atoms with Crippen LogP contribution in [0.3, 0.4) is 0 Å². The maximum Gasteiger partial charge on any atom is 0.272 e. The first-order valence-electron chi connectivity index (χ1n) is 10.7. The van der Waals surface area contributed by atoms with Crippen molar-refractivity contribution in [3.8, 4) is 11.1 Å². The van der Waals surface area contributed by atoms with Crippen LogP contribution in [0.5, 0.6) is 0 Å². The van der Waals surface area contributed by atoms with E-state index in [1.807, 2.05) is 30.7 Å². The molecule has 0 spiro atoms. The molecule has 0 aliphatic carbocycles. The molecule has 0 amide bonds. The van der Waals surface area contributed by atoms with Crippen LogP contribution in [0.15, 0.2) is 47.2 Å². The number of hydrogen-bond donors (Lipinski definition) is 1. The lowest BCUT2D eigenvalue weighted by Gasteiger charge is -2.38. The molecule has 5 rings (SSSR count). The van der Waals surface area contributed by atoms with Crippen LogP contribution in [-0.4, -0.2) is 44.3 Å². The highest BCUT2D eigenvalue weighted by Crippen LogP contribution is 2.28. The molecule has 5 heterocycles. The molecule has 1 atom stereocenters. The number of pyridine rings is 2. The topological polar surface area (TPSA) is 85.2 Å². The lowest BCUT2D eigenvalue weighted by Crippen LogP contribution is -2.51. The summed E-state index contributed by atoms with van der Waals surface area (Å²) in [5, 5.41) is 0. The molecule has 1 unspecified atom stereocenters. The van der Waals surface area contributed by atoms with Crippen molar-refractivity contribution in [2.75, 3.05) is 19.1 Å². The smallest absolute Gasteiger partial charge is 0.272 e. The van der Waals surface area contributed by atoms with Crippen molar-refractivity contribution in [1.82, 2.24) is 24.5 Å². The molecule has 2 aliphatic rings. The van der Waals surface area contributed by atoms with E-state index in [2.05, 4.69) is 40.2 Å². The van der Waals surface area contributed by atoms with Gasteiger partial charge in [-0.1, -0.05) is 0 Å². The summed E-state index contributed by atoms with van der Waals surface area (Å²) in [6.07, 6.45) is 8.39. The quantitative estimate of drug-likeness (QED) is 0.681. The van der Waals surface area contributed by atoms with E-state index >= 15 is 0 Å². The third-order valence-corrected chi connectivity index (χ3v) is 6.11. The zero-order chi connectivity index (χ0) is 22.2. The van der Waals surface area contributed by atoms with Gasteiger partial charge >= 0.3 is 0 Å². The summed E-state index contributed by atoms with van der Waals surface area (Å²) in [6.45, 7) is 6.07. The number of hydrogen-bond acceptors (Lipinski definition) is 7. The molecule has 3 aromatic heterocycles. The predicted molar refractivity (Wildman–Crippen MR) is 122 cm³/mol. The van der Waals surface area contributed by atoms with Gasteiger partial charge in [0.25, 0.3) is 5.56 Å². The van der Waals surface area contributed by atoms with Gasteiger partial charge in [0, 0.05) is 68.1 Å². The largest absolute Gasteiger partial charge is 0.378 e.